The maximum absolute atomic E-state index is 12.9. The van der Waals surface area contributed by atoms with E-state index in [1.165, 1.54) is 0 Å². The Labute approximate surface area is 121 Å². The predicted octanol–water partition coefficient (Wildman–Crippen LogP) is 3.59. The fraction of sp³-hybridized carbons (Fsp3) is 0.538. The van der Waals surface area contributed by atoms with E-state index in [1.54, 1.807) is 18.2 Å². The summed E-state index contributed by atoms with van der Waals surface area (Å²) in [5.41, 5.74) is 0.619. The average Bonchev–Trinajstić information content (AvgIpc) is 2.38. The van der Waals surface area contributed by atoms with Crippen molar-refractivity contribution in [2.75, 3.05) is 26.2 Å². The van der Waals surface area contributed by atoms with Gasteiger partial charge in [0.15, 0.2) is 0 Å². The van der Waals surface area contributed by atoms with Gasteiger partial charge in [0.25, 0.3) is 0 Å². The molecule has 1 fully saturated rings. The molecule has 19 heavy (non-hydrogen) atoms. The van der Waals surface area contributed by atoms with Gasteiger partial charge < -0.3 is 5.32 Å². The van der Waals surface area contributed by atoms with Crippen LogP contribution in [0.3, 0.4) is 0 Å². The lowest BCUT2D eigenvalue weighted by molar-refractivity contribution is 0.0740. The predicted molar refractivity (Wildman–Crippen MR) is 74.3 cm³/mol. The van der Waals surface area contributed by atoms with Crippen molar-refractivity contribution in [3.05, 3.63) is 33.8 Å². The van der Waals surface area contributed by atoms with E-state index >= 15 is 0 Å². The minimum absolute atomic E-state index is 0.247. The van der Waals surface area contributed by atoms with Crippen molar-refractivity contribution in [3.63, 3.8) is 0 Å². The fourth-order valence-corrected chi connectivity index (χ4v) is 3.09. The van der Waals surface area contributed by atoms with Crippen LogP contribution in [0.25, 0.3) is 0 Å². The molecule has 0 spiro atoms. The number of piperazine rings is 1. The third kappa shape index (κ3) is 3.78. The highest BCUT2D eigenvalue weighted by Crippen LogP contribution is 2.37. The van der Waals surface area contributed by atoms with E-state index < -0.39 is 12.5 Å². The van der Waals surface area contributed by atoms with Crippen LogP contribution in [0.5, 0.6) is 0 Å². The number of halogens is 4. The first-order valence-electron chi connectivity index (χ1n) is 6.26. The van der Waals surface area contributed by atoms with E-state index in [4.69, 9.17) is 23.2 Å². The number of nitrogens with zero attached hydrogens (tertiary/aromatic N) is 1. The van der Waals surface area contributed by atoms with Crippen LogP contribution in [0, 0.1) is 0 Å². The van der Waals surface area contributed by atoms with Gasteiger partial charge in [0, 0.05) is 54.3 Å². The van der Waals surface area contributed by atoms with Crippen molar-refractivity contribution in [2.24, 2.45) is 0 Å². The second-order valence-electron chi connectivity index (χ2n) is 4.56. The van der Waals surface area contributed by atoms with Crippen molar-refractivity contribution in [3.8, 4) is 0 Å². The van der Waals surface area contributed by atoms with Gasteiger partial charge in [0.1, 0.15) is 0 Å². The Hall–Kier alpha value is -0.420. The van der Waals surface area contributed by atoms with E-state index in [2.05, 4.69) is 5.32 Å². The van der Waals surface area contributed by atoms with E-state index in [1.807, 2.05) is 4.90 Å². The SMILES string of the molecule is FC(F)C[C@H](c1c(Cl)cccc1Cl)N1CCNCC1. The molecule has 0 radical (unpaired) electrons. The monoisotopic (exact) mass is 308 g/mol. The second kappa shape index (κ2) is 6.84. The molecule has 2 nitrogen and oxygen atoms in total. The van der Waals surface area contributed by atoms with E-state index in [9.17, 15) is 8.78 Å². The average molecular weight is 309 g/mol. The molecule has 0 amide bonds. The summed E-state index contributed by atoms with van der Waals surface area (Å²) in [6.45, 7) is 3.03. The summed E-state index contributed by atoms with van der Waals surface area (Å²) in [6.07, 6.45) is -2.63. The Morgan fingerprint density at radius 3 is 2.26 bits per heavy atom. The van der Waals surface area contributed by atoms with Crippen LogP contribution in [0.1, 0.15) is 18.0 Å². The summed E-state index contributed by atoms with van der Waals surface area (Å²) in [7, 11) is 0. The van der Waals surface area contributed by atoms with Crippen molar-refractivity contribution < 1.29 is 8.78 Å². The molecular weight excluding hydrogens is 293 g/mol. The second-order valence-corrected chi connectivity index (χ2v) is 5.38. The Morgan fingerprint density at radius 2 is 1.74 bits per heavy atom. The number of alkyl halides is 2. The Morgan fingerprint density at radius 1 is 1.16 bits per heavy atom. The summed E-state index contributed by atoms with van der Waals surface area (Å²) in [5, 5.41) is 4.12. The summed E-state index contributed by atoms with van der Waals surface area (Å²) < 4.78 is 25.7. The Kier molecular flexibility index (Phi) is 5.39. The van der Waals surface area contributed by atoms with E-state index in [0.717, 1.165) is 26.2 Å². The molecule has 2 rings (SSSR count). The molecule has 1 atom stereocenters. The molecule has 0 unspecified atom stereocenters. The first-order chi connectivity index (χ1) is 9.09. The number of benzene rings is 1. The summed E-state index contributed by atoms with van der Waals surface area (Å²) in [5.74, 6) is 0. The number of nitrogens with one attached hydrogen (secondary N) is 1. The molecule has 1 saturated heterocycles. The lowest BCUT2D eigenvalue weighted by atomic mass is 10.0. The maximum Gasteiger partial charge on any atom is 0.240 e. The van der Waals surface area contributed by atoms with Crippen LogP contribution in [0.4, 0.5) is 8.78 Å². The van der Waals surface area contributed by atoms with E-state index in [0.29, 0.717) is 15.6 Å². The van der Waals surface area contributed by atoms with Gasteiger partial charge in [-0.2, -0.15) is 0 Å². The Bertz CT molecular complexity index is 403. The molecule has 0 bridgehead atoms. The smallest absolute Gasteiger partial charge is 0.240 e. The summed E-state index contributed by atoms with van der Waals surface area (Å²) >= 11 is 12.3. The van der Waals surface area contributed by atoms with Gasteiger partial charge in [-0.3, -0.25) is 4.90 Å². The van der Waals surface area contributed by atoms with Crippen LogP contribution in [0.15, 0.2) is 18.2 Å². The molecule has 1 aromatic carbocycles. The lowest BCUT2D eigenvalue weighted by Crippen LogP contribution is -2.45. The first-order valence-corrected chi connectivity index (χ1v) is 7.02. The molecule has 106 valence electrons. The highest BCUT2D eigenvalue weighted by Gasteiger charge is 2.28. The Balaban J connectivity index is 2.30. The van der Waals surface area contributed by atoms with Crippen LogP contribution < -0.4 is 5.32 Å². The van der Waals surface area contributed by atoms with E-state index in [-0.39, 0.29) is 6.42 Å². The highest BCUT2D eigenvalue weighted by atomic mass is 35.5. The molecule has 1 N–H and O–H groups in total. The van der Waals surface area contributed by atoms with Gasteiger partial charge in [-0.25, -0.2) is 8.78 Å². The third-order valence-corrected chi connectivity index (χ3v) is 3.99. The normalized spacial score (nSPS) is 18.8. The molecule has 0 saturated carbocycles. The standard InChI is InChI=1S/C13H16Cl2F2N2/c14-9-2-1-3-10(15)13(9)11(8-12(16)17)19-6-4-18-5-7-19/h1-3,11-12,18H,4-8H2/t11-/m1/s1. The summed E-state index contributed by atoms with van der Waals surface area (Å²) in [6, 6.07) is 4.70. The molecule has 1 aliphatic heterocycles. The van der Waals surface area contributed by atoms with Gasteiger partial charge >= 0.3 is 0 Å². The minimum Gasteiger partial charge on any atom is -0.314 e. The van der Waals surface area contributed by atoms with Gasteiger partial charge in [-0.05, 0) is 12.1 Å². The minimum atomic E-state index is -2.38. The molecule has 1 heterocycles. The van der Waals surface area contributed by atoms with Gasteiger partial charge in [-0.1, -0.05) is 29.3 Å². The number of rotatable bonds is 4. The topological polar surface area (TPSA) is 15.3 Å². The van der Waals surface area contributed by atoms with Crippen LogP contribution in [0.2, 0.25) is 10.0 Å². The van der Waals surface area contributed by atoms with Gasteiger partial charge in [-0.15, -0.1) is 0 Å². The number of hydrogen-bond donors (Lipinski definition) is 1. The van der Waals surface area contributed by atoms with Crippen molar-refractivity contribution in [1.29, 1.82) is 0 Å². The highest BCUT2D eigenvalue weighted by molar-refractivity contribution is 6.36. The van der Waals surface area contributed by atoms with Crippen LogP contribution >= 0.6 is 23.2 Å². The lowest BCUT2D eigenvalue weighted by Gasteiger charge is -2.35. The molecule has 1 aliphatic rings. The number of hydrogen-bond acceptors (Lipinski definition) is 2. The third-order valence-electron chi connectivity index (χ3n) is 3.33. The molecular formula is C13H16Cl2F2N2. The van der Waals surface area contributed by atoms with Crippen molar-refractivity contribution in [1.82, 2.24) is 10.2 Å². The maximum atomic E-state index is 12.9. The van der Waals surface area contributed by atoms with Crippen LogP contribution in [-0.2, 0) is 0 Å². The van der Waals surface area contributed by atoms with Gasteiger partial charge in [0.05, 0.1) is 0 Å². The molecule has 6 heteroatoms. The van der Waals surface area contributed by atoms with Crippen molar-refractivity contribution in [2.45, 2.75) is 18.9 Å². The summed E-state index contributed by atoms with van der Waals surface area (Å²) in [4.78, 5) is 2.02. The quantitative estimate of drug-likeness (QED) is 0.914. The van der Waals surface area contributed by atoms with Crippen LogP contribution in [-0.4, -0.2) is 37.5 Å². The first kappa shape index (κ1) is 15.0. The fourth-order valence-electron chi connectivity index (χ4n) is 2.44. The largest absolute Gasteiger partial charge is 0.314 e. The van der Waals surface area contributed by atoms with Gasteiger partial charge in [0.2, 0.25) is 6.43 Å². The molecule has 1 aromatic rings. The zero-order chi connectivity index (χ0) is 13.8. The zero-order valence-electron chi connectivity index (χ0n) is 10.4. The molecule has 0 aliphatic carbocycles. The van der Waals surface area contributed by atoms with Crippen molar-refractivity contribution >= 4 is 23.2 Å². The zero-order valence-corrected chi connectivity index (χ0v) is 11.9. The molecule has 0 aromatic heterocycles.